The van der Waals surface area contributed by atoms with E-state index >= 15 is 0 Å². The molecule has 0 bridgehead atoms. The summed E-state index contributed by atoms with van der Waals surface area (Å²) in [4.78, 5) is 0. The molecule has 0 spiro atoms. The first-order valence-electron chi connectivity index (χ1n) is 11.4. The van der Waals surface area contributed by atoms with Gasteiger partial charge in [-0.25, -0.2) is 0 Å². The van der Waals surface area contributed by atoms with E-state index < -0.39 is 33.2 Å². The average Bonchev–Trinajstić information content (AvgIpc) is 2.47. The van der Waals surface area contributed by atoms with Crippen molar-refractivity contribution in [2.45, 2.75) is 98.5 Å². The molecule has 31 heavy (non-hydrogen) atoms. The highest BCUT2D eigenvalue weighted by atomic mass is 28.4. The topological polar surface area (TPSA) is 30.9 Å². The quantitative estimate of drug-likeness (QED) is 0.243. The lowest BCUT2D eigenvalue weighted by atomic mass is 10.1. The molecule has 0 atom stereocenters. The van der Waals surface area contributed by atoms with Gasteiger partial charge in [0.1, 0.15) is 25.5 Å². The standard InChI is InChI=1S/C23H47NO3Si4/c1-19(2)24(28(3,4)5)18-23(27-31(12,13)14)20-15-16-21(25-29(6,7)8)22(17-20)26-30(9,10)11/h15-19H,1-14H3/b23-18+. The molecule has 0 aliphatic heterocycles. The van der Waals surface area contributed by atoms with Crippen molar-refractivity contribution < 1.29 is 13.3 Å². The second-order valence-corrected chi connectivity index (χ2v) is 30.6. The molecule has 4 nitrogen and oxygen atoms in total. The van der Waals surface area contributed by atoms with Crippen molar-refractivity contribution in [3.8, 4) is 11.5 Å². The van der Waals surface area contributed by atoms with E-state index in [9.17, 15) is 0 Å². The maximum atomic E-state index is 6.63. The normalized spacial score (nSPS) is 14.0. The largest absolute Gasteiger partial charge is 0.543 e. The lowest BCUT2D eigenvalue weighted by molar-refractivity contribution is 0.439. The molecule has 0 amide bonds. The molecule has 0 saturated heterocycles. The minimum Gasteiger partial charge on any atom is -0.543 e. The Balaban J connectivity index is 3.63. The fraction of sp³-hybridized carbons (Fsp3) is 0.652. The van der Waals surface area contributed by atoms with Crippen molar-refractivity contribution in [3.63, 3.8) is 0 Å². The summed E-state index contributed by atoms with van der Waals surface area (Å²) in [5.41, 5.74) is 1.06. The lowest BCUT2D eigenvalue weighted by Gasteiger charge is -2.38. The number of rotatable bonds is 10. The van der Waals surface area contributed by atoms with Crippen LogP contribution in [0.2, 0.25) is 78.6 Å². The molecule has 0 aliphatic carbocycles. The van der Waals surface area contributed by atoms with Crippen LogP contribution in [0.25, 0.3) is 5.76 Å². The Morgan fingerprint density at radius 3 is 1.61 bits per heavy atom. The molecule has 0 fully saturated rings. The molecule has 0 aliphatic rings. The third-order valence-electron chi connectivity index (χ3n) is 4.06. The van der Waals surface area contributed by atoms with Gasteiger partial charge < -0.3 is 17.8 Å². The first-order chi connectivity index (χ1) is 13.7. The molecular weight excluding hydrogens is 451 g/mol. The molecule has 0 heterocycles. The zero-order chi connectivity index (χ0) is 24.4. The van der Waals surface area contributed by atoms with E-state index in [1.54, 1.807) is 0 Å². The number of benzene rings is 1. The second-order valence-electron chi connectivity index (χ2n) is 12.5. The summed E-state index contributed by atoms with van der Waals surface area (Å²) < 4.78 is 22.0. The van der Waals surface area contributed by atoms with Crippen LogP contribution in [0, 0.1) is 0 Å². The van der Waals surface area contributed by atoms with Gasteiger partial charge in [-0.15, -0.1) is 0 Å². The molecule has 0 unspecified atom stereocenters. The molecule has 0 radical (unpaired) electrons. The monoisotopic (exact) mass is 497 g/mol. The minimum absolute atomic E-state index is 0.416. The third-order valence-corrected chi connectivity index (χ3v) is 8.76. The van der Waals surface area contributed by atoms with Gasteiger partial charge in [-0.05, 0) is 91.0 Å². The van der Waals surface area contributed by atoms with Crippen LogP contribution in [0.5, 0.6) is 11.5 Å². The number of hydrogen-bond donors (Lipinski definition) is 0. The smallest absolute Gasteiger partial charge is 0.242 e. The summed E-state index contributed by atoms with van der Waals surface area (Å²) in [6.45, 7) is 31.6. The predicted octanol–water partition coefficient (Wildman–Crippen LogP) is 7.81. The number of nitrogens with zero attached hydrogens (tertiary/aromatic N) is 1. The predicted molar refractivity (Wildman–Crippen MR) is 147 cm³/mol. The Hall–Kier alpha value is -0.972. The molecule has 0 aromatic heterocycles. The SMILES string of the molecule is CC(C)N(/C=C(/O[Si](C)(C)C)c1ccc(O[Si](C)(C)C)c(O[Si](C)(C)C)c1)[Si](C)(C)C. The Kier molecular flexibility index (Phi) is 8.95. The summed E-state index contributed by atoms with van der Waals surface area (Å²) in [7, 11) is -6.95. The summed E-state index contributed by atoms with van der Waals surface area (Å²) >= 11 is 0. The van der Waals surface area contributed by atoms with Crippen LogP contribution in [-0.4, -0.2) is 43.8 Å². The van der Waals surface area contributed by atoms with Crippen molar-refractivity contribution in [1.29, 1.82) is 0 Å². The van der Waals surface area contributed by atoms with E-state index in [0.29, 0.717) is 6.04 Å². The highest BCUT2D eigenvalue weighted by Gasteiger charge is 2.28. The fourth-order valence-electron chi connectivity index (χ4n) is 3.22. The third kappa shape index (κ3) is 10.5. The van der Waals surface area contributed by atoms with E-state index in [1.165, 1.54) is 0 Å². The summed E-state index contributed by atoms with van der Waals surface area (Å²) in [6.07, 6.45) is 2.25. The maximum absolute atomic E-state index is 6.63. The Labute approximate surface area is 196 Å². The van der Waals surface area contributed by atoms with Crippen molar-refractivity contribution in [3.05, 3.63) is 30.0 Å². The van der Waals surface area contributed by atoms with Gasteiger partial charge in [0.15, 0.2) is 0 Å². The molecule has 0 saturated carbocycles. The molecule has 8 heteroatoms. The van der Waals surface area contributed by atoms with Crippen LogP contribution in [0.3, 0.4) is 0 Å². The van der Waals surface area contributed by atoms with Crippen molar-refractivity contribution in [2.75, 3.05) is 0 Å². The molecule has 1 rings (SSSR count). The van der Waals surface area contributed by atoms with Crippen LogP contribution in [0.1, 0.15) is 19.4 Å². The van der Waals surface area contributed by atoms with E-state index in [4.69, 9.17) is 13.3 Å². The van der Waals surface area contributed by atoms with E-state index in [0.717, 1.165) is 22.8 Å². The molecule has 1 aromatic carbocycles. The van der Waals surface area contributed by atoms with Crippen LogP contribution < -0.4 is 8.85 Å². The Morgan fingerprint density at radius 1 is 0.742 bits per heavy atom. The van der Waals surface area contributed by atoms with Gasteiger partial charge in [0.2, 0.25) is 25.0 Å². The Bertz CT molecular complexity index is 767. The second kappa shape index (κ2) is 9.89. The highest BCUT2D eigenvalue weighted by molar-refractivity contribution is 6.74. The summed E-state index contributed by atoms with van der Waals surface area (Å²) in [5.74, 6) is 2.63. The lowest BCUT2D eigenvalue weighted by Crippen LogP contribution is -2.46. The van der Waals surface area contributed by atoms with Crippen LogP contribution >= 0.6 is 0 Å². The van der Waals surface area contributed by atoms with Gasteiger partial charge in [0.25, 0.3) is 0 Å². The van der Waals surface area contributed by atoms with Gasteiger partial charge in [-0.2, -0.15) is 0 Å². The van der Waals surface area contributed by atoms with Crippen molar-refractivity contribution in [1.82, 2.24) is 4.57 Å². The molecule has 1 aromatic rings. The van der Waals surface area contributed by atoms with Crippen LogP contribution in [-0.2, 0) is 4.43 Å². The van der Waals surface area contributed by atoms with Crippen molar-refractivity contribution in [2.24, 2.45) is 0 Å². The van der Waals surface area contributed by atoms with Gasteiger partial charge in [-0.1, -0.05) is 19.6 Å². The molecule has 0 N–H and O–H groups in total. The summed E-state index contributed by atoms with van der Waals surface area (Å²) in [6, 6.07) is 6.74. The molecule has 178 valence electrons. The van der Waals surface area contributed by atoms with E-state index in [-0.39, 0.29) is 0 Å². The zero-order valence-electron chi connectivity index (χ0n) is 22.6. The van der Waals surface area contributed by atoms with Gasteiger partial charge in [0, 0.05) is 17.8 Å². The first-order valence-corrected chi connectivity index (χ1v) is 25.1. The van der Waals surface area contributed by atoms with Crippen LogP contribution in [0.4, 0.5) is 0 Å². The van der Waals surface area contributed by atoms with Crippen molar-refractivity contribution >= 4 is 38.9 Å². The van der Waals surface area contributed by atoms with E-state index in [1.807, 2.05) is 0 Å². The van der Waals surface area contributed by atoms with Gasteiger partial charge in [0.05, 0.1) is 0 Å². The number of hydrogen-bond acceptors (Lipinski definition) is 4. The minimum atomic E-state index is -1.82. The fourth-order valence-corrected chi connectivity index (χ4v) is 7.75. The highest BCUT2D eigenvalue weighted by Crippen LogP contribution is 2.36. The summed E-state index contributed by atoms with van der Waals surface area (Å²) in [5, 5.41) is 0. The van der Waals surface area contributed by atoms with Gasteiger partial charge >= 0.3 is 0 Å². The molecular formula is C23H47NO3Si4. The zero-order valence-corrected chi connectivity index (χ0v) is 26.6. The average molecular weight is 498 g/mol. The maximum Gasteiger partial charge on any atom is 0.242 e. The van der Waals surface area contributed by atoms with Crippen LogP contribution in [0.15, 0.2) is 24.4 Å². The first kappa shape index (κ1) is 28.1. The Morgan fingerprint density at radius 2 is 1.23 bits per heavy atom. The van der Waals surface area contributed by atoms with Gasteiger partial charge in [-0.3, -0.25) is 0 Å². The van der Waals surface area contributed by atoms with E-state index in [2.05, 4.69) is 121 Å².